The molecule has 0 heterocycles. The average Bonchev–Trinajstić information content (AvgIpc) is 2.74. The highest BCUT2D eigenvalue weighted by Crippen LogP contribution is 2.33. The molecule has 0 aliphatic carbocycles. The first-order valence-corrected chi connectivity index (χ1v) is 10.2. The van der Waals surface area contributed by atoms with Gasteiger partial charge in [-0.25, -0.2) is 4.39 Å². The minimum absolute atomic E-state index is 0.0132. The smallest absolute Gasteiger partial charge is 0.303 e. The minimum atomic E-state index is -0.893. The van der Waals surface area contributed by atoms with Crippen molar-refractivity contribution in [2.45, 2.75) is 39.0 Å². The molecule has 0 unspecified atom stereocenters. The fraction of sp³-hybridized carbons (Fsp3) is 0.269. The lowest BCUT2D eigenvalue weighted by molar-refractivity contribution is -0.136. The van der Waals surface area contributed by atoms with Gasteiger partial charge in [-0.2, -0.15) is 0 Å². The van der Waals surface area contributed by atoms with Crippen LogP contribution in [0.1, 0.15) is 38.3 Å². The summed E-state index contributed by atoms with van der Waals surface area (Å²) in [7, 11) is 0. The summed E-state index contributed by atoms with van der Waals surface area (Å²) in [5, 5.41) is 9.08. The molecular formula is C26H27FO4. The number of carboxylic acid groups (broad SMARTS) is 1. The van der Waals surface area contributed by atoms with E-state index in [0.29, 0.717) is 23.7 Å². The lowest BCUT2D eigenvalue weighted by atomic mass is 9.86. The Morgan fingerprint density at radius 2 is 1.52 bits per heavy atom. The number of hydrogen-bond acceptors (Lipinski definition) is 3. The second kappa shape index (κ2) is 9.65. The molecule has 0 aliphatic heterocycles. The van der Waals surface area contributed by atoms with E-state index in [0.717, 1.165) is 16.7 Å². The van der Waals surface area contributed by atoms with Gasteiger partial charge in [0.15, 0.2) is 0 Å². The van der Waals surface area contributed by atoms with Gasteiger partial charge in [-0.15, -0.1) is 0 Å². The molecule has 0 saturated heterocycles. The van der Waals surface area contributed by atoms with Gasteiger partial charge in [-0.05, 0) is 64.4 Å². The van der Waals surface area contributed by atoms with Crippen LogP contribution in [0.4, 0.5) is 4.39 Å². The van der Waals surface area contributed by atoms with Crippen molar-refractivity contribution in [3.63, 3.8) is 0 Å². The highest BCUT2D eigenvalue weighted by atomic mass is 19.1. The molecule has 0 aromatic heterocycles. The van der Waals surface area contributed by atoms with E-state index in [1.165, 1.54) is 5.56 Å². The van der Waals surface area contributed by atoms with E-state index >= 15 is 0 Å². The van der Waals surface area contributed by atoms with Crippen LogP contribution in [0.2, 0.25) is 0 Å². The molecule has 0 saturated carbocycles. The zero-order chi connectivity index (χ0) is 22.4. The zero-order valence-corrected chi connectivity index (χ0v) is 18.0. The Morgan fingerprint density at radius 1 is 0.903 bits per heavy atom. The van der Waals surface area contributed by atoms with Gasteiger partial charge < -0.3 is 14.6 Å². The van der Waals surface area contributed by atoms with E-state index in [1.807, 2.05) is 18.2 Å². The number of ether oxygens (including phenoxy) is 2. The molecule has 0 amide bonds. The minimum Gasteiger partial charge on any atom is -0.481 e. The number of benzene rings is 3. The van der Waals surface area contributed by atoms with Crippen LogP contribution >= 0.6 is 0 Å². The second-order valence-electron chi connectivity index (χ2n) is 8.37. The second-order valence-corrected chi connectivity index (χ2v) is 8.37. The summed E-state index contributed by atoms with van der Waals surface area (Å²) in [6, 6.07) is 20.9. The highest BCUT2D eigenvalue weighted by molar-refractivity contribution is 5.69. The number of alkyl halides is 1. The van der Waals surface area contributed by atoms with Gasteiger partial charge in [0.2, 0.25) is 6.86 Å². The Morgan fingerprint density at radius 3 is 2.10 bits per heavy atom. The molecule has 0 spiro atoms. The van der Waals surface area contributed by atoms with Crippen LogP contribution in [-0.4, -0.2) is 17.9 Å². The van der Waals surface area contributed by atoms with E-state index in [-0.39, 0.29) is 11.8 Å². The Balaban J connectivity index is 1.91. The molecule has 3 rings (SSSR count). The van der Waals surface area contributed by atoms with Gasteiger partial charge in [0, 0.05) is 6.42 Å². The van der Waals surface area contributed by atoms with Crippen molar-refractivity contribution in [1.82, 2.24) is 0 Å². The summed E-state index contributed by atoms with van der Waals surface area (Å²) >= 11 is 0. The van der Waals surface area contributed by atoms with E-state index in [1.54, 1.807) is 24.3 Å². The predicted octanol–water partition coefficient (Wildman–Crippen LogP) is 6.77. The van der Waals surface area contributed by atoms with Crippen molar-refractivity contribution in [3.8, 4) is 28.4 Å². The van der Waals surface area contributed by atoms with E-state index in [4.69, 9.17) is 14.6 Å². The molecule has 3 aromatic carbocycles. The number of carboxylic acids is 1. The normalized spacial score (nSPS) is 11.2. The Labute approximate surface area is 182 Å². The number of aliphatic carboxylic acids is 1. The summed E-state index contributed by atoms with van der Waals surface area (Å²) in [6.45, 7) is 5.63. The number of hydrogen-bond donors (Lipinski definition) is 1. The van der Waals surface area contributed by atoms with E-state index in [2.05, 4.69) is 45.0 Å². The predicted molar refractivity (Wildman–Crippen MR) is 120 cm³/mol. The third-order valence-corrected chi connectivity index (χ3v) is 5.03. The standard InChI is InChI=1S/C26H27FO4/c1-26(2,3)21-9-6-18(7-10-21)20-5-4-19(8-15-25(28)29)24(16-20)31-23-13-11-22(12-14-23)30-17-27/h4-7,9-14,16H,8,15,17H2,1-3H3,(H,28,29). The first-order chi connectivity index (χ1) is 14.8. The van der Waals surface area contributed by atoms with Gasteiger partial charge in [-0.1, -0.05) is 57.2 Å². The number of rotatable bonds is 8. The Hall–Kier alpha value is -3.34. The monoisotopic (exact) mass is 422 g/mol. The number of aryl methyl sites for hydroxylation is 1. The highest BCUT2D eigenvalue weighted by Gasteiger charge is 2.14. The summed E-state index contributed by atoms with van der Waals surface area (Å²) in [6.07, 6.45) is 0.371. The molecule has 0 fully saturated rings. The van der Waals surface area contributed by atoms with Gasteiger partial charge in [0.1, 0.15) is 17.2 Å². The summed E-state index contributed by atoms with van der Waals surface area (Å²) in [5.41, 5.74) is 4.16. The summed E-state index contributed by atoms with van der Waals surface area (Å²) in [4.78, 5) is 11.1. The topological polar surface area (TPSA) is 55.8 Å². The third-order valence-electron chi connectivity index (χ3n) is 5.03. The summed E-state index contributed by atoms with van der Waals surface area (Å²) < 4.78 is 23.2. The molecule has 4 nitrogen and oxygen atoms in total. The van der Waals surface area contributed by atoms with Crippen LogP contribution in [-0.2, 0) is 16.6 Å². The quantitative estimate of drug-likeness (QED) is 0.435. The fourth-order valence-electron chi connectivity index (χ4n) is 3.23. The van der Waals surface area contributed by atoms with Crippen LogP contribution in [0.5, 0.6) is 17.2 Å². The molecule has 0 aliphatic rings. The lowest BCUT2D eigenvalue weighted by Crippen LogP contribution is -2.10. The van der Waals surface area contributed by atoms with Gasteiger partial charge in [0.05, 0.1) is 0 Å². The molecule has 0 atom stereocenters. The third kappa shape index (κ3) is 6.07. The van der Waals surface area contributed by atoms with Crippen molar-refractivity contribution in [1.29, 1.82) is 0 Å². The maximum atomic E-state index is 12.3. The SMILES string of the molecule is CC(C)(C)c1ccc(-c2ccc(CCC(=O)O)c(Oc3ccc(OCF)cc3)c2)cc1. The van der Waals surface area contributed by atoms with Gasteiger partial charge in [-0.3, -0.25) is 4.79 Å². The molecular weight excluding hydrogens is 395 g/mol. The largest absolute Gasteiger partial charge is 0.481 e. The molecule has 162 valence electrons. The molecule has 31 heavy (non-hydrogen) atoms. The van der Waals surface area contributed by atoms with Crippen LogP contribution in [0, 0.1) is 0 Å². The van der Waals surface area contributed by atoms with Crippen molar-refractivity contribution in [2.24, 2.45) is 0 Å². The number of halogens is 1. The molecule has 3 aromatic rings. The number of carbonyl (C=O) groups is 1. The fourth-order valence-corrected chi connectivity index (χ4v) is 3.23. The van der Waals surface area contributed by atoms with Crippen LogP contribution in [0.25, 0.3) is 11.1 Å². The van der Waals surface area contributed by atoms with Gasteiger partial charge in [0.25, 0.3) is 0 Å². The van der Waals surface area contributed by atoms with Crippen molar-refractivity contribution >= 4 is 5.97 Å². The van der Waals surface area contributed by atoms with Crippen LogP contribution < -0.4 is 9.47 Å². The molecule has 5 heteroatoms. The Bertz CT molecular complexity index is 1020. The first-order valence-electron chi connectivity index (χ1n) is 10.2. The van der Waals surface area contributed by atoms with Crippen LogP contribution in [0.3, 0.4) is 0 Å². The van der Waals surface area contributed by atoms with E-state index < -0.39 is 12.8 Å². The van der Waals surface area contributed by atoms with Gasteiger partial charge >= 0.3 is 5.97 Å². The van der Waals surface area contributed by atoms with Crippen molar-refractivity contribution < 1.29 is 23.8 Å². The average molecular weight is 422 g/mol. The maximum Gasteiger partial charge on any atom is 0.303 e. The van der Waals surface area contributed by atoms with Crippen molar-refractivity contribution in [2.75, 3.05) is 6.86 Å². The summed E-state index contributed by atoms with van der Waals surface area (Å²) in [5.74, 6) is 0.704. The first kappa shape index (κ1) is 22.3. The lowest BCUT2D eigenvalue weighted by Gasteiger charge is -2.19. The molecule has 0 radical (unpaired) electrons. The van der Waals surface area contributed by atoms with Crippen LogP contribution in [0.15, 0.2) is 66.7 Å². The van der Waals surface area contributed by atoms with E-state index in [9.17, 15) is 9.18 Å². The molecule has 1 N–H and O–H groups in total. The molecule has 0 bridgehead atoms. The maximum absolute atomic E-state index is 12.3. The Kier molecular flexibility index (Phi) is 6.95. The van der Waals surface area contributed by atoms with Crippen molar-refractivity contribution in [3.05, 3.63) is 77.9 Å². The zero-order valence-electron chi connectivity index (χ0n) is 18.0.